The fraction of sp³-hybridized carbons (Fsp3) is 0.815. The highest BCUT2D eigenvalue weighted by Crippen LogP contribution is 2.65. The molecule has 6 aliphatic rings. The van der Waals surface area contributed by atoms with E-state index in [0.29, 0.717) is 29.8 Å². The zero-order chi connectivity index (χ0) is 20.8. The minimum Gasteiger partial charge on any atom is -0.365 e. The van der Waals surface area contributed by atoms with Gasteiger partial charge in [0.15, 0.2) is 5.78 Å². The molecule has 164 valence electrons. The SMILES string of the molecule is CC1=C2C[C@H]3C(CCC4=CC(=O)CCC43C)[C@@H]2CC[C@]12O[C@@H]1C[C@H](C)CNC1[C@H]2C. The van der Waals surface area contributed by atoms with E-state index in [4.69, 9.17) is 4.74 Å². The van der Waals surface area contributed by atoms with Gasteiger partial charge in [-0.25, -0.2) is 0 Å². The summed E-state index contributed by atoms with van der Waals surface area (Å²) in [7, 11) is 0. The third-order valence-electron chi connectivity index (χ3n) is 10.8. The molecular weight excluding hydrogens is 370 g/mol. The molecule has 6 rings (SSSR count). The van der Waals surface area contributed by atoms with Gasteiger partial charge in [0.25, 0.3) is 0 Å². The summed E-state index contributed by atoms with van der Waals surface area (Å²) in [6.07, 6.45) is 11.7. The molecule has 0 aromatic rings. The number of piperidine rings is 1. The Balaban J connectivity index is 1.36. The number of ketones is 1. The molecular formula is C27H39NO2. The maximum absolute atomic E-state index is 12.1. The number of hydrogen-bond acceptors (Lipinski definition) is 3. The Bertz CT molecular complexity index is 842. The highest BCUT2D eigenvalue weighted by atomic mass is 16.5. The number of nitrogens with one attached hydrogen (secondary N) is 1. The van der Waals surface area contributed by atoms with Crippen molar-refractivity contribution >= 4 is 5.78 Å². The maximum atomic E-state index is 12.1. The predicted octanol–water partition coefficient (Wildman–Crippen LogP) is 5.21. The largest absolute Gasteiger partial charge is 0.365 e. The lowest BCUT2D eigenvalue weighted by atomic mass is 9.56. The van der Waals surface area contributed by atoms with Gasteiger partial charge in [0.1, 0.15) is 0 Å². The molecule has 2 saturated heterocycles. The van der Waals surface area contributed by atoms with Gasteiger partial charge >= 0.3 is 0 Å². The van der Waals surface area contributed by atoms with E-state index in [0.717, 1.165) is 43.6 Å². The van der Waals surface area contributed by atoms with Crippen LogP contribution in [0.5, 0.6) is 0 Å². The van der Waals surface area contributed by atoms with Crippen LogP contribution in [-0.4, -0.2) is 30.1 Å². The van der Waals surface area contributed by atoms with Gasteiger partial charge in [-0.05, 0) is 99.1 Å². The van der Waals surface area contributed by atoms with Crippen LogP contribution in [-0.2, 0) is 9.53 Å². The van der Waals surface area contributed by atoms with Gasteiger partial charge in [0.2, 0.25) is 0 Å². The smallest absolute Gasteiger partial charge is 0.155 e. The van der Waals surface area contributed by atoms with Crippen LogP contribution < -0.4 is 5.32 Å². The summed E-state index contributed by atoms with van der Waals surface area (Å²) in [5.74, 6) is 3.95. The van der Waals surface area contributed by atoms with Crippen LogP contribution in [0.25, 0.3) is 0 Å². The van der Waals surface area contributed by atoms with E-state index in [1.807, 2.05) is 6.08 Å². The average molecular weight is 410 g/mol. The minimum absolute atomic E-state index is 0.0339. The zero-order valence-electron chi connectivity index (χ0n) is 19.3. The quantitative estimate of drug-likeness (QED) is 0.558. The Morgan fingerprint density at radius 1 is 1.17 bits per heavy atom. The maximum Gasteiger partial charge on any atom is 0.155 e. The van der Waals surface area contributed by atoms with Crippen molar-refractivity contribution in [2.24, 2.45) is 35.0 Å². The third-order valence-corrected chi connectivity index (χ3v) is 10.8. The number of carbonyl (C=O) groups excluding carboxylic acids is 1. The summed E-state index contributed by atoms with van der Waals surface area (Å²) < 4.78 is 7.02. The molecule has 30 heavy (non-hydrogen) atoms. The van der Waals surface area contributed by atoms with Crippen LogP contribution in [0.15, 0.2) is 22.8 Å². The van der Waals surface area contributed by atoms with Crippen molar-refractivity contribution in [2.45, 2.75) is 96.8 Å². The van der Waals surface area contributed by atoms with Crippen LogP contribution in [0.1, 0.15) is 79.1 Å². The summed E-state index contributed by atoms with van der Waals surface area (Å²) in [4.78, 5) is 12.1. The van der Waals surface area contributed by atoms with E-state index in [2.05, 4.69) is 33.0 Å². The third kappa shape index (κ3) is 2.48. The van der Waals surface area contributed by atoms with Crippen LogP contribution in [0.4, 0.5) is 0 Å². The highest BCUT2D eigenvalue weighted by Gasteiger charge is 2.60. The van der Waals surface area contributed by atoms with Gasteiger partial charge < -0.3 is 10.1 Å². The normalized spacial score (nSPS) is 52.6. The number of carbonyl (C=O) groups is 1. The van der Waals surface area contributed by atoms with Crippen molar-refractivity contribution in [1.82, 2.24) is 5.32 Å². The van der Waals surface area contributed by atoms with Crippen molar-refractivity contribution in [3.63, 3.8) is 0 Å². The van der Waals surface area contributed by atoms with Crippen molar-refractivity contribution < 1.29 is 9.53 Å². The Morgan fingerprint density at radius 3 is 2.83 bits per heavy atom. The molecule has 4 fully saturated rings. The van der Waals surface area contributed by atoms with Gasteiger partial charge in [-0.3, -0.25) is 4.79 Å². The fourth-order valence-electron chi connectivity index (χ4n) is 9.00. The Morgan fingerprint density at radius 2 is 2.00 bits per heavy atom. The molecule has 0 amide bonds. The van der Waals surface area contributed by atoms with E-state index in [9.17, 15) is 4.79 Å². The van der Waals surface area contributed by atoms with Crippen molar-refractivity contribution in [2.75, 3.05) is 6.54 Å². The summed E-state index contributed by atoms with van der Waals surface area (Å²) in [5.41, 5.74) is 5.05. The summed E-state index contributed by atoms with van der Waals surface area (Å²) >= 11 is 0. The van der Waals surface area contributed by atoms with Gasteiger partial charge in [-0.2, -0.15) is 0 Å². The number of ether oxygens (including phenoxy) is 1. The second-order valence-electron chi connectivity index (χ2n) is 12.0. The van der Waals surface area contributed by atoms with Gasteiger partial charge in [0.05, 0.1) is 11.7 Å². The average Bonchev–Trinajstić information content (AvgIpc) is 3.23. The molecule has 0 radical (unpaired) electrons. The van der Waals surface area contributed by atoms with Gasteiger partial charge in [0, 0.05) is 18.4 Å². The van der Waals surface area contributed by atoms with Crippen LogP contribution in [0.2, 0.25) is 0 Å². The molecule has 0 bridgehead atoms. The Labute approximate surface area is 182 Å². The topological polar surface area (TPSA) is 38.3 Å². The first-order valence-electron chi connectivity index (χ1n) is 12.7. The number of allylic oxidation sites excluding steroid dienone is 3. The molecule has 0 aromatic heterocycles. The number of rotatable bonds is 0. The molecule has 3 heteroatoms. The second kappa shape index (κ2) is 6.54. The standard InChI is InChI=1S/C27H39NO2/c1-15-11-24-25(28-14-15)17(3)27(30-24)10-8-20-21-6-5-18-12-19(29)7-9-26(18,4)23(21)13-22(20)16(27)2/h12,15,17,20-21,23-25,28H,5-11,13-14H2,1-4H3/t15-,17+,20-,21?,23-,24+,25?,26?,27-/m0/s1. The molecule has 3 nitrogen and oxygen atoms in total. The fourth-order valence-corrected chi connectivity index (χ4v) is 9.00. The van der Waals surface area contributed by atoms with Crippen molar-refractivity contribution in [1.29, 1.82) is 0 Å². The first-order chi connectivity index (χ1) is 14.3. The van der Waals surface area contributed by atoms with Crippen LogP contribution in [0.3, 0.4) is 0 Å². The van der Waals surface area contributed by atoms with E-state index in [1.54, 1.807) is 11.1 Å². The lowest BCUT2D eigenvalue weighted by molar-refractivity contribution is -0.116. The lowest BCUT2D eigenvalue weighted by Gasteiger charge is -2.48. The first-order valence-corrected chi connectivity index (χ1v) is 12.7. The van der Waals surface area contributed by atoms with Gasteiger partial charge in [-0.15, -0.1) is 0 Å². The molecule has 2 saturated carbocycles. The Kier molecular flexibility index (Phi) is 4.30. The van der Waals surface area contributed by atoms with E-state index in [-0.39, 0.29) is 11.0 Å². The highest BCUT2D eigenvalue weighted by molar-refractivity contribution is 5.91. The van der Waals surface area contributed by atoms with Crippen molar-refractivity contribution in [3.05, 3.63) is 22.8 Å². The predicted molar refractivity (Wildman–Crippen MR) is 119 cm³/mol. The first kappa shape index (κ1) is 19.7. The monoisotopic (exact) mass is 409 g/mol. The Hall–Kier alpha value is -0.930. The number of fused-ring (bicyclic) bond motifs is 6. The molecule has 2 heterocycles. The van der Waals surface area contributed by atoms with E-state index >= 15 is 0 Å². The molecule has 1 spiro atoms. The molecule has 0 aromatic carbocycles. The molecule has 2 aliphatic heterocycles. The second-order valence-corrected chi connectivity index (χ2v) is 12.0. The van der Waals surface area contributed by atoms with E-state index in [1.165, 1.54) is 37.7 Å². The summed E-state index contributed by atoms with van der Waals surface area (Å²) in [6.45, 7) is 10.9. The van der Waals surface area contributed by atoms with Gasteiger partial charge in [-0.1, -0.05) is 31.9 Å². The summed E-state index contributed by atoms with van der Waals surface area (Å²) in [5, 5.41) is 3.84. The van der Waals surface area contributed by atoms with E-state index < -0.39 is 0 Å². The van der Waals surface area contributed by atoms with Crippen LogP contribution in [0, 0.1) is 35.0 Å². The molecule has 9 atom stereocenters. The molecule has 4 aliphatic carbocycles. The number of hydrogen-bond donors (Lipinski definition) is 1. The zero-order valence-corrected chi connectivity index (χ0v) is 19.3. The lowest BCUT2D eigenvalue weighted by Crippen LogP contribution is -2.49. The van der Waals surface area contributed by atoms with Crippen molar-refractivity contribution in [3.8, 4) is 0 Å². The van der Waals surface area contributed by atoms with Crippen LogP contribution >= 0.6 is 0 Å². The molecule has 3 unspecified atom stereocenters. The summed E-state index contributed by atoms with van der Waals surface area (Å²) in [6, 6.07) is 0.522. The molecule has 1 N–H and O–H groups in total. The minimum atomic E-state index is -0.0339.